The average molecular weight is 521 g/mol. The predicted molar refractivity (Wildman–Crippen MR) is 132 cm³/mol. The van der Waals surface area contributed by atoms with Crippen molar-refractivity contribution < 1.29 is 34.2 Å². The van der Waals surface area contributed by atoms with Gasteiger partial charge in [0, 0.05) is 23.4 Å². The molecule has 1 aromatic heterocycles. The Morgan fingerprint density at radius 2 is 1.71 bits per heavy atom. The molecule has 3 aliphatic rings. The van der Waals surface area contributed by atoms with Crippen molar-refractivity contribution in [3.05, 3.63) is 42.0 Å². The predicted octanol–water partition coefficient (Wildman–Crippen LogP) is 0.104. The second kappa shape index (κ2) is 8.08. The molecule has 5 rings (SSSR count). The van der Waals surface area contributed by atoms with Crippen LogP contribution in [-0.2, 0) is 25.6 Å². The summed E-state index contributed by atoms with van der Waals surface area (Å²) in [4.78, 5) is 76.9. The minimum atomic E-state index is -2.83. The Hall–Kier alpha value is -3.83. The van der Waals surface area contributed by atoms with E-state index in [-0.39, 0.29) is 24.2 Å². The van der Waals surface area contributed by atoms with Crippen molar-refractivity contribution in [2.75, 3.05) is 14.1 Å². The number of hydrogen-bond donors (Lipinski definition) is 3. The number of benzene rings is 1. The smallest absolute Gasteiger partial charge is 0.235 e. The molecule has 3 aliphatic carbocycles. The molecule has 0 radical (unpaired) electrons. The van der Waals surface area contributed by atoms with Gasteiger partial charge in [-0.25, -0.2) is 9.97 Å². The lowest BCUT2D eigenvalue weighted by Gasteiger charge is -2.61. The highest BCUT2D eigenvalue weighted by atomic mass is 16.3. The van der Waals surface area contributed by atoms with Crippen LogP contribution in [0.5, 0.6) is 5.75 Å². The van der Waals surface area contributed by atoms with Crippen LogP contribution in [0.1, 0.15) is 36.2 Å². The van der Waals surface area contributed by atoms with Crippen LogP contribution < -0.4 is 5.73 Å². The Morgan fingerprint density at radius 3 is 2.29 bits per heavy atom. The molecule has 6 atom stereocenters. The zero-order valence-electron chi connectivity index (χ0n) is 21.4. The van der Waals surface area contributed by atoms with E-state index in [1.54, 1.807) is 39.5 Å². The summed E-state index contributed by atoms with van der Waals surface area (Å²) in [5.74, 6) is -9.08. The van der Waals surface area contributed by atoms with E-state index < -0.39 is 63.3 Å². The number of hydrogen-bond acceptors (Lipinski definition) is 10. The highest BCUT2D eigenvalue weighted by Crippen LogP contribution is 2.62. The minimum Gasteiger partial charge on any atom is -0.507 e. The first-order valence-corrected chi connectivity index (χ1v) is 12.2. The van der Waals surface area contributed by atoms with Gasteiger partial charge in [0.15, 0.2) is 34.7 Å². The van der Waals surface area contributed by atoms with Crippen molar-refractivity contribution in [2.24, 2.45) is 28.4 Å². The number of Topliss-reactive ketones (excluding diaryl/α,β-unsaturated/α-hetero) is 4. The van der Waals surface area contributed by atoms with E-state index in [9.17, 15) is 34.2 Å². The normalized spacial score (nSPS) is 34.5. The summed E-state index contributed by atoms with van der Waals surface area (Å²) in [5, 5.41) is 22.7. The van der Waals surface area contributed by atoms with Crippen LogP contribution >= 0.6 is 0 Å². The molecule has 11 heteroatoms. The summed E-state index contributed by atoms with van der Waals surface area (Å²) in [7, 11) is 3.10. The minimum absolute atomic E-state index is 0.0791. The number of carbonyl (C=O) groups excluding carboxylic acids is 5. The lowest BCUT2D eigenvalue weighted by molar-refractivity contribution is -0.203. The second-order valence-electron chi connectivity index (χ2n) is 11.4. The number of phenols is 1. The Morgan fingerprint density at radius 1 is 1.08 bits per heavy atom. The number of fused-ring (bicyclic) bond motifs is 3. The van der Waals surface area contributed by atoms with Crippen LogP contribution in [0.15, 0.2) is 30.9 Å². The van der Waals surface area contributed by atoms with Crippen molar-refractivity contribution in [3.8, 4) is 16.9 Å². The molecular weight excluding hydrogens is 492 g/mol. The second-order valence-corrected chi connectivity index (χ2v) is 11.4. The van der Waals surface area contributed by atoms with Gasteiger partial charge in [0.05, 0.1) is 17.5 Å². The summed E-state index contributed by atoms with van der Waals surface area (Å²) in [5.41, 5.74) is 1.34. The lowest BCUT2D eigenvalue weighted by Crippen LogP contribution is -2.79. The van der Waals surface area contributed by atoms with Gasteiger partial charge in [-0.1, -0.05) is 19.9 Å². The fraction of sp³-hybridized carbons (Fsp3) is 0.444. The quantitative estimate of drug-likeness (QED) is 0.470. The van der Waals surface area contributed by atoms with Gasteiger partial charge in [-0.2, -0.15) is 0 Å². The molecule has 11 nitrogen and oxygen atoms in total. The van der Waals surface area contributed by atoms with Gasteiger partial charge in [-0.05, 0) is 49.5 Å². The van der Waals surface area contributed by atoms with Crippen LogP contribution in [0, 0.1) is 22.7 Å². The van der Waals surface area contributed by atoms with Gasteiger partial charge in [0.25, 0.3) is 0 Å². The van der Waals surface area contributed by atoms with E-state index >= 15 is 0 Å². The molecule has 2 saturated carbocycles. The molecule has 1 aromatic carbocycles. The largest absolute Gasteiger partial charge is 0.507 e. The number of ketones is 4. The monoisotopic (exact) mass is 520 g/mol. The van der Waals surface area contributed by atoms with E-state index in [4.69, 9.17) is 5.73 Å². The van der Waals surface area contributed by atoms with Crippen LogP contribution in [0.3, 0.4) is 0 Å². The highest BCUT2D eigenvalue weighted by Gasteiger charge is 2.76. The number of amides is 1. The summed E-state index contributed by atoms with van der Waals surface area (Å²) < 4.78 is 0. The number of aliphatic hydroxyl groups is 1. The third-order valence-corrected chi connectivity index (χ3v) is 8.74. The van der Waals surface area contributed by atoms with Gasteiger partial charge >= 0.3 is 0 Å². The lowest BCUT2D eigenvalue weighted by atomic mass is 9.42. The van der Waals surface area contributed by atoms with Gasteiger partial charge in [-0.3, -0.25) is 28.9 Å². The summed E-state index contributed by atoms with van der Waals surface area (Å²) in [6.07, 6.45) is 4.53. The van der Waals surface area contributed by atoms with Crippen molar-refractivity contribution in [2.45, 2.75) is 38.3 Å². The number of primary amides is 1. The van der Waals surface area contributed by atoms with Gasteiger partial charge in [-0.15, -0.1) is 0 Å². The molecule has 1 heterocycles. The first kappa shape index (κ1) is 25.8. The van der Waals surface area contributed by atoms with Gasteiger partial charge in [0.2, 0.25) is 5.91 Å². The zero-order valence-corrected chi connectivity index (χ0v) is 21.4. The van der Waals surface area contributed by atoms with Crippen LogP contribution in [-0.4, -0.2) is 79.9 Å². The number of aromatic nitrogens is 2. The number of carbonyl (C=O) groups is 5. The van der Waals surface area contributed by atoms with Crippen LogP contribution in [0.25, 0.3) is 11.1 Å². The maximum atomic E-state index is 14.2. The standard InChI is InChI=1S/C27H28N4O7/c1-25-7-14-13(12-8-29-11-30-9-12)5-6-15(32)16(14)19(33)18(25)23(36)27(38)22(35)17(24(28)37)20(34)21(31(3)4)26(27,2)10-25/h5-6,8-9,11,17-18,21,32,38H,7,10H2,1-4H3,(H2,28,37)/t17?,18?,21-,25+,26+,27-/m1/s1. The Bertz CT molecular complexity index is 1440. The first-order chi connectivity index (χ1) is 17.7. The van der Waals surface area contributed by atoms with Crippen LogP contribution in [0.2, 0.25) is 0 Å². The number of nitrogens with zero attached hydrogens (tertiary/aromatic N) is 3. The molecule has 0 saturated heterocycles. The maximum absolute atomic E-state index is 14.2. The average Bonchev–Trinajstić information content (AvgIpc) is 2.81. The van der Waals surface area contributed by atoms with E-state index in [0.717, 1.165) is 0 Å². The van der Waals surface area contributed by atoms with Gasteiger partial charge in [0.1, 0.15) is 12.1 Å². The Labute approximate surface area is 218 Å². The third kappa shape index (κ3) is 3.05. The van der Waals surface area contributed by atoms with Crippen molar-refractivity contribution in [3.63, 3.8) is 0 Å². The summed E-state index contributed by atoms with van der Waals surface area (Å²) in [6.45, 7) is 3.18. The molecule has 198 valence electrons. The molecular formula is C27H28N4O7. The number of phenolic OH excluding ortho intramolecular Hbond substituents is 1. The van der Waals surface area contributed by atoms with Crippen LogP contribution in [0.4, 0.5) is 0 Å². The fourth-order valence-corrected chi connectivity index (χ4v) is 7.43. The molecule has 0 bridgehead atoms. The molecule has 38 heavy (non-hydrogen) atoms. The summed E-state index contributed by atoms with van der Waals surface area (Å²) in [6, 6.07) is 1.76. The SMILES string of the molecule is CN(C)[C@@H]1C(=O)C(C(N)=O)C(=O)[C@@]2(O)C(=O)C3C(=O)c4c(O)ccc(-c5cncnc5)c4C[C@@]3(C)C[C@@]12C. The number of rotatable bonds is 3. The molecule has 1 amide bonds. The molecule has 4 N–H and O–H groups in total. The number of likely N-dealkylation sites (N-methyl/N-ethyl adjacent to an activating group) is 1. The highest BCUT2D eigenvalue weighted by molar-refractivity contribution is 6.33. The fourth-order valence-electron chi connectivity index (χ4n) is 7.43. The van der Waals surface area contributed by atoms with E-state index in [1.165, 1.54) is 24.2 Å². The Balaban J connectivity index is 1.75. The molecule has 0 aliphatic heterocycles. The third-order valence-electron chi connectivity index (χ3n) is 8.74. The molecule has 2 unspecified atom stereocenters. The molecule has 2 fully saturated rings. The Kier molecular flexibility index (Phi) is 5.49. The number of aromatic hydroxyl groups is 1. The molecule has 2 aromatic rings. The van der Waals surface area contributed by atoms with Crippen molar-refractivity contribution in [1.29, 1.82) is 0 Å². The van der Waals surface area contributed by atoms with E-state index in [0.29, 0.717) is 16.7 Å². The van der Waals surface area contributed by atoms with Crippen molar-refractivity contribution >= 4 is 29.0 Å². The topological polar surface area (TPSA) is 181 Å². The van der Waals surface area contributed by atoms with Crippen molar-refractivity contribution in [1.82, 2.24) is 14.9 Å². The van der Waals surface area contributed by atoms with E-state index in [1.807, 2.05) is 0 Å². The van der Waals surface area contributed by atoms with E-state index in [2.05, 4.69) is 9.97 Å². The maximum Gasteiger partial charge on any atom is 0.235 e. The molecule has 0 spiro atoms. The summed E-state index contributed by atoms with van der Waals surface area (Å²) >= 11 is 0. The zero-order chi connectivity index (χ0) is 27.9. The van der Waals surface area contributed by atoms with Gasteiger partial charge < -0.3 is 15.9 Å². The first-order valence-electron chi connectivity index (χ1n) is 12.2. The number of nitrogens with two attached hydrogens (primary N) is 1.